The molecule has 0 atom stereocenters. The van der Waals surface area contributed by atoms with Crippen molar-refractivity contribution < 1.29 is 18.1 Å². The number of quaternary nitrogens is 1. The van der Waals surface area contributed by atoms with E-state index in [4.69, 9.17) is 18.0 Å². The maximum Gasteiger partial charge on any atom is 0.275 e. The van der Waals surface area contributed by atoms with Crippen LogP contribution in [0.25, 0.3) is 0 Å². The van der Waals surface area contributed by atoms with Crippen LogP contribution in [0.3, 0.4) is 0 Å². The van der Waals surface area contributed by atoms with Crippen LogP contribution in [0.4, 0.5) is 0 Å². The van der Waals surface area contributed by atoms with E-state index in [-0.39, 0.29) is 22.4 Å². The van der Waals surface area contributed by atoms with Crippen LogP contribution in [0.1, 0.15) is 0 Å². The zero-order valence-corrected chi connectivity index (χ0v) is 14.2. The highest BCUT2D eigenvalue weighted by atomic mass is 35.5. The largest absolute Gasteiger partial charge is 0.340 e. The van der Waals surface area contributed by atoms with E-state index in [2.05, 4.69) is 11.2 Å². The Bertz CT molecular complexity index is 707. The Kier molecular flexibility index (Phi) is 6.02. The topological polar surface area (TPSA) is 70.9 Å². The van der Waals surface area contributed by atoms with Crippen LogP contribution in [0.15, 0.2) is 29.2 Å². The number of amides is 1. The van der Waals surface area contributed by atoms with Crippen LogP contribution < -0.4 is 10.2 Å². The van der Waals surface area contributed by atoms with Crippen molar-refractivity contribution in [1.29, 1.82) is 0 Å². The summed E-state index contributed by atoms with van der Waals surface area (Å²) in [6.45, 7) is 2.33. The van der Waals surface area contributed by atoms with Crippen molar-refractivity contribution in [3.05, 3.63) is 29.3 Å². The molecule has 1 aromatic carbocycles. The molecule has 0 unspecified atom stereocenters. The summed E-state index contributed by atoms with van der Waals surface area (Å²) in [6.07, 6.45) is 5.09. The predicted octanol–water partition coefficient (Wildman–Crippen LogP) is -1.02. The van der Waals surface area contributed by atoms with Crippen molar-refractivity contribution in [2.75, 3.05) is 39.3 Å². The standard InChI is InChI=1S/C15H18ClN3O3S/c1-2-7-17-15(20)12-18-8-10-19(11-9-18)23(21,22)14-6-4-3-5-13(14)16/h1,3-6H,7-12H2,(H,17,20)/p+1. The Labute approximate surface area is 141 Å². The SMILES string of the molecule is C#CCNC(=O)C[NH+]1CCN(S(=O)(=O)c2ccccc2Cl)CC1. The Morgan fingerprint density at radius 2 is 2.00 bits per heavy atom. The minimum atomic E-state index is -3.60. The molecule has 23 heavy (non-hydrogen) atoms. The molecule has 1 heterocycles. The second kappa shape index (κ2) is 7.79. The molecule has 1 amide bonds. The quantitative estimate of drug-likeness (QED) is 0.663. The van der Waals surface area contributed by atoms with Crippen LogP contribution in [0.2, 0.25) is 5.02 Å². The van der Waals surface area contributed by atoms with Gasteiger partial charge in [-0.3, -0.25) is 4.79 Å². The lowest BCUT2D eigenvalue weighted by atomic mass is 10.3. The normalized spacial score (nSPS) is 16.7. The molecule has 1 fully saturated rings. The van der Waals surface area contributed by atoms with E-state index in [0.29, 0.717) is 32.7 Å². The van der Waals surface area contributed by atoms with Gasteiger partial charge in [0, 0.05) is 0 Å². The van der Waals surface area contributed by atoms with Crippen LogP contribution in [-0.2, 0) is 14.8 Å². The number of carbonyl (C=O) groups is 1. The van der Waals surface area contributed by atoms with Gasteiger partial charge >= 0.3 is 0 Å². The number of hydrogen-bond acceptors (Lipinski definition) is 3. The van der Waals surface area contributed by atoms with Crippen LogP contribution in [0.5, 0.6) is 0 Å². The van der Waals surface area contributed by atoms with Crippen molar-refractivity contribution in [1.82, 2.24) is 9.62 Å². The fraction of sp³-hybridized carbons (Fsp3) is 0.400. The fourth-order valence-electron chi connectivity index (χ4n) is 2.45. The number of terminal acetylenes is 1. The first kappa shape index (κ1) is 17.8. The molecule has 1 aliphatic heterocycles. The van der Waals surface area contributed by atoms with E-state index in [1.807, 2.05) is 0 Å². The number of piperazine rings is 1. The number of nitrogens with zero attached hydrogens (tertiary/aromatic N) is 1. The van der Waals surface area contributed by atoms with Gasteiger partial charge < -0.3 is 10.2 Å². The lowest BCUT2D eigenvalue weighted by Gasteiger charge is -2.31. The molecule has 0 radical (unpaired) electrons. The summed E-state index contributed by atoms with van der Waals surface area (Å²) in [5.41, 5.74) is 0. The number of hydrogen-bond donors (Lipinski definition) is 2. The molecule has 0 saturated carbocycles. The second-order valence-corrected chi connectivity index (χ2v) is 7.56. The van der Waals surface area contributed by atoms with Gasteiger partial charge in [-0.15, -0.1) is 6.42 Å². The smallest absolute Gasteiger partial charge is 0.275 e. The van der Waals surface area contributed by atoms with Gasteiger partial charge in [-0.05, 0) is 12.1 Å². The van der Waals surface area contributed by atoms with Gasteiger partial charge in [0.25, 0.3) is 5.91 Å². The summed E-state index contributed by atoms with van der Waals surface area (Å²) in [4.78, 5) is 12.8. The van der Waals surface area contributed by atoms with Gasteiger partial charge in [-0.25, -0.2) is 8.42 Å². The van der Waals surface area contributed by atoms with Gasteiger partial charge in [0.2, 0.25) is 10.0 Å². The van der Waals surface area contributed by atoms with Crippen molar-refractivity contribution in [2.24, 2.45) is 0 Å². The van der Waals surface area contributed by atoms with Crippen molar-refractivity contribution in [3.63, 3.8) is 0 Å². The van der Waals surface area contributed by atoms with Crippen LogP contribution in [0, 0.1) is 12.3 Å². The first-order valence-electron chi connectivity index (χ1n) is 7.23. The van der Waals surface area contributed by atoms with Gasteiger partial charge in [-0.2, -0.15) is 4.31 Å². The van der Waals surface area contributed by atoms with Crippen molar-refractivity contribution >= 4 is 27.5 Å². The van der Waals surface area contributed by atoms with E-state index in [0.717, 1.165) is 4.90 Å². The average molecular weight is 357 g/mol. The minimum Gasteiger partial charge on any atom is -0.340 e. The lowest BCUT2D eigenvalue weighted by molar-refractivity contribution is -0.895. The lowest BCUT2D eigenvalue weighted by Crippen LogP contribution is -3.15. The molecular formula is C15H19ClN3O3S+. The molecular weight excluding hydrogens is 338 g/mol. The molecule has 0 aliphatic carbocycles. The van der Waals surface area contributed by atoms with Crippen molar-refractivity contribution in [3.8, 4) is 12.3 Å². The monoisotopic (exact) mass is 356 g/mol. The molecule has 0 bridgehead atoms. The molecule has 1 saturated heterocycles. The molecule has 1 aliphatic rings. The van der Waals surface area contributed by atoms with Crippen molar-refractivity contribution in [2.45, 2.75) is 4.90 Å². The number of carbonyl (C=O) groups excluding carboxylic acids is 1. The van der Waals surface area contributed by atoms with E-state index < -0.39 is 10.0 Å². The van der Waals surface area contributed by atoms with Crippen LogP contribution >= 0.6 is 11.6 Å². The first-order chi connectivity index (χ1) is 10.9. The third-order valence-electron chi connectivity index (χ3n) is 3.68. The number of sulfonamides is 1. The van der Waals surface area contributed by atoms with Crippen LogP contribution in [-0.4, -0.2) is 57.9 Å². The number of nitrogens with one attached hydrogen (secondary N) is 2. The van der Waals surface area contributed by atoms with E-state index in [9.17, 15) is 13.2 Å². The Hall–Kier alpha value is -1.59. The Morgan fingerprint density at radius 3 is 2.61 bits per heavy atom. The Morgan fingerprint density at radius 1 is 1.35 bits per heavy atom. The summed E-state index contributed by atoms with van der Waals surface area (Å²) < 4.78 is 26.6. The number of halogens is 1. The zero-order valence-electron chi connectivity index (χ0n) is 12.6. The summed E-state index contributed by atoms with van der Waals surface area (Å²) in [5.74, 6) is 2.22. The van der Waals surface area contributed by atoms with Gasteiger partial charge in [0.1, 0.15) is 4.90 Å². The van der Waals surface area contributed by atoms with Gasteiger partial charge in [0.05, 0.1) is 37.7 Å². The highest BCUT2D eigenvalue weighted by Crippen LogP contribution is 2.23. The number of benzene rings is 1. The third-order valence-corrected chi connectivity index (χ3v) is 6.08. The van der Waals surface area contributed by atoms with E-state index >= 15 is 0 Å². The highest BCUT2D eigenvalue weighted by Gasteiger charge is 2.32. The molecule has 124 valence electrons. The number of rotatable bonds is 5. The molecule has 8 heteroatoms. The molecule has 0 aromatic heterocycles. The molecule has 0 spiro atoms. The predicted molar refractivity (Wildman–Crippen MR) is 87.6 cm³/mol. The van der Waals surface area contributed by atoms with Gasteiger partial charge in [-0.1, -0.05) is 29.7 Å². The first-order valence-corrected chi connectivity index (χ1v) is 9.05. The molecule has 2 rings (SSSR count). The maximum atomic E-state index is 12.6. The Balaban J connectivity index is 1.95. The molecule has 6 nitrogen and oxygen atoms in total. The van der Waals surface area contributed by atoms with E-state index in [1.165, 1.54) is 10.4 Å². The maximum absolute atomic E-state index is 12.6. The zero-order chi connectivity index (χ0) is 16.9. The molecule has 2 N–H and O–H groups in total. The molecule has 1 aromatic rings. The third kappa shape index (κ3) is 4.45. The second-order valence-electron chi connectivity index (χ2n) is 5.24. The summed E-state index contributed by atoms with van der Waals surface area (Å²) >= 11 is 5.99. The summed E-state index contributed by atoms with van der Waals surface area (Å²) in [5, 5.41) is 2.83. The average Bonchev–Trinajstić information content (AvgIpc) is 2.53. The summed E-state index contributed by atoms with van der Waals surface area (Å²) in [6, 6.07) is 6.41. The fourth-order valence-corrected chi connectivity index (χ4v) is 4.39. The van der Waals surface area contributed by atoms with E-state index in [1.54, 1.807) is 18.2 Å². The highest BCUT2D eigenvalue weighted by molar-refractivity contribution is 7.89. The minimum absolute atomic E-state index is 0.122. The summed E-state index contributed by atoms with van der Waals surface area (Å²) in [7, 11) is -3.60. The van der Waals surface area contributed by atoms with Gasteiger partial charge in [0.15, 0.2) is 6.54 Å².